The zero-order valence-corrected chi connectivity index (χ0v) is 8.97. The first kappa shape index (κ1) is 9.17. The lowest BCUT2D eigenvalue weighted by Crippen LogP contribution is -2.27. The second-order valence-electron chi connectivity index (χ2n) is 5.41. The molecule has 0 bridgehead atoms. The SMILES string of the molecule is C1CCC2C(C1)C2NCC1CCNC1. The molecule has 3 atom stereocenters. The molecule has 2 saturated carbocycles. The van der Waals surface area contributed by atoms with Crippen LogP contribution >= 0.6 is 0 Å². The van der Waals surface area contributed by atoms with Crippen molar-refractivity contribution < 1.29 is 0 Å². The van der Waals surface area contributed by atoms with E-state index >= 15 is 0 Å². The first-order chi connectivity index (χ1) is 6.95. The summed E-state index contributed by atoms with van der Waals surface area (Å²) in [7, 11) is 0. The van der Waals surface area contributed by atoms with Crippen molar-refractivity contribution in [2.45, 2.75) is 38.1 Å². The summed E-state index contributed by atoms with van der Waals surface area (Å²) in [6, 6.07) is 0.915. The predicted octanol–water partition coefficient (Wildman–Crippen LogP) is 1.37. The number of hydrogen-bond acceptors (Lipinski definition) is 2. The van der Waals surface area contributed by atoms with E-state index in [1.165, 1.54) is 51.7 Å². The van der Waals surface area contributed by atoms with Gasteiger partial charge in [0.25, 0.3) is 0 Å². The van der Waals surface area contributed by atoms with E-state index in [0.717, 1.165) is 23.8 Å². The molecule has 0 aromatic carbocycles. The molecule has 0 aromatic heterocycles. The Bertz CT molecular complexity index is 186. The van der Waals surface area contributed by atoms with E-state index in [1.54, 1.807) is 0 Å². The molecule has 2 N–H and O–H groups in total. The molecule has 2 aliphatic carbocycles. The Balaban J connectivity index is 1.41. The normalized spacial score (nSPS) is 46.3. The second kappa shape index (κ2) is 3.82. The van der Waals surface area contributed by atoms with Crippen LogP contribution in [-0.2, 0) is 0 Å². The van der Waals surface area contributed by atoms with E-state index in [4.69, 9.17) is 0 Å². The van der Waals surface area contributed by atoms with Crippen molar-refractivity contribution in [2.24, 2.45) is 17.8 Å². The summed E-state index contributed by atoms with van der Waals surface area (Å²) in [5.41, 5.74) is 0. The van der Waals surface area contributed by atoms with Crippen LogP contribution in [-0.4, -0.2) is 25.7 Å². The molecule has 0 amide bonds. The zero-order chi connectivity index (χ0) is 9.38. The molecule has 3 aliphatic rings. The van der Waals surface area contributed by atoms with Crippen LogP contribution in [0, 0.1) is 17.8 Å². The Labute approximate surface area is 86.8 Å². The molecule has 1 aliphatic heterocycles. The summed E-state index contributed by atoms with van der Waals surface area (Å²) < 4.78 is 0. The molecule has 0 radical (unpaired) electrons. The van der Waals surface area contributed by atoms with Gasteiger partial charge in [-0.1, -0.05) is 12.8 Å². The zero-order valence-electron chi connectivity index (χ0n) is 8.97. The molecule has 0 spiro atoms. The van der Waals surface area contributed by atoms with Gasteiger partial charge >= 0.3 is 0 Å². The standard InChI is InChI=1S/C12H22N2/c1-2-4-11-10(3-1)12(11)14-8-9-5-6-13-7-9/h9-14H,1-8H2. The van der Waals surface area contributed by atoms with E-state index in [-0.39, 0.29) is 0 Å². The van der Waals surface area contributed by atoms with Crippen molar-refractivity contribution in [1.82, 2.24) is 10.6 Å². The van der Waals surface area contributed by atoms with Crippen LogP contribution < -0.4 is 10.6 Å². The predicted molar refractivity (Wildman–Crippen MR) is 58.2 cm³/mol. The van der Waals surface area contributed by atoms with Gasteiger partial charge in [-0.3, -0.25) is 0 Å². The fourth-order valence-electron chi connectivity index (χ4n) is 3.49. The molecular weight excluding hydrogens is 172 g/mol. The first-order valence-corrected chi connectivity index (χ1v) is 6.39. The van der Waals surface area contributed by atoms with Gasteiger partial charge in [-0.15, -0.1) is 0 Å². The molecule has 1 heterocycles. The molecular formula is C12H22N2. The van der Waals surface area contributed by atoms with E-state index < -0.39 is 0 Å². The molecule has 3 unspecified atom stereocenters. The summed E-state index contributed by atoms with van der Waals surface area (Å²) in [4.78, 5) is 0. The van der Waals surface area contributed by atoms with E-state index in [0.29, 0.717) is 0 Å². The van der Waals surface area contributed by atoms with Crippen LogP contribution in [0.25, 0.3) is 0 Å². The highest BCUT2D eigenvalue weighted by atomic mass is 15.0. The van der Waals surface area contributed by atoms with Crippen molar-refractivity contribution in [3.63, 3.8) is 0 Å². The Morgan fingerprint density at radius 3 is 2.50 bits per heavy atom. The summed E-state index contributed by atoms with van der Waals surface area (Å²) in [6.07, 6.45) is 7.38. The van der Waals surface area contributed by atoms with Crippen LogP contribution in [0.1, 0.15) is 32.1 Å². The molecule has 3 fully saturated rings. The average molecular weight is 194 g/mol. The molecule has 2 nitrogen and oxygen atoms in total. The van der Waals surface area contributed by atoms with Gasteiger partial charge in [0.15, 0.2) is 0 Å². The molecule has 14 heavy (non-hydrogen) atoms. The van der Waals surface area contributed by atoms with Crippen molar-refractivity contribution in [1.29, 1.82) is 0 Å². The Morgan fingerprint density at radius 1 is 1.07 bits per heavy atom. The van der Waals surface area contributed by atoms with E-state index in [2.05, 4.69) is 10.6 Å². The number of rotatable bonds is 3. The average Bonchev–Trinajstić information content (AvgIpc) is 2.69. The third-order valence-corrected chi connectivity index (χ3v) is 4.46. The first-order valence-electron chi connectivity index (χ1n) is 6.39. The fourth-order valence-corrected chi connectivity index (χ4v) is 3.49. The van der Waals surface area contributed by atoms with E-state index in [9.17, 15) is 0 Å². The monoisotopic (exact) mass is 194 g/mol. The van der Waals surface area contributed by atoms with Crippen molar-refractivity contribution in [2.75, 3.05) is 19.6 Å². The van der Waals surface area contributed by atoms with Crippen LogP contribution in [0.5, 0.6) is 0 Å². The maximum absolute atomic E-state index is 3.80. The van der Waals surface area contributed by atoms with Gasteiger partial charge < -0.3 is 10.6 Å². The highest BCUT2D eigenvalue weighted by molar-refractivity contribution is 5.04. The minimum atomic E-state index is 0.914. The number of nitrogens with one attached hydrogen (secondary N) is 2. The van der Waals surface area contributed by atoms with Crippen molar-refractivity contribution >= 4 is 0 Å². The van der Waals surface area contributed by atoms with Crippen molar-refractivity contribution in [3.8, 4) is 0 Å². The molecule has 1 saturated heterocycles. The van der Waals surface area contributed by atoms with Gasteiger partial charge in [-0.05, 0) is 56.7 Å². The summed E-state index contributed by atoms with van der Waals surface area (Å²) >= 11 is 0. The molecule has 2 heteroatoms. The maximum atomic E-state index is 3.80. The number of hydrogen-bond donors (Lipinski definition) is 2. The smallest absolute Gasteiger partial charge is 0.0130 e. The van der Waals surface area contributed by atoms with Gasteiger partial charge in [-0.2, -0.15) is 0 Å². The Kier molecular flexibility index (Phi) is 2.50. The molecule has 80 valence electrons. The van der Waals surface area contributed by atoms with Crippen LogP contribution in [0.15, 0.2) is 0 Å². The lowest BCUT2D eigenvalue weighted by molar-refractivity contribution is 0.480. The minimum Gasteiger partial charge on any atom is -0.316 e. The van der Waals surface area contributed by atoms with Crippen LogP contribution in [0.2, 0.25) is 0 Å². The topological polar surface area (TPSA) is 24.1 Å². The minimum absolute atomic E-state index is 0.914. The fraction of sp³-hybridized carbons (Fsp3) is 1.00. The second-order valence-corrected chi connectivity index (χ2v) is 5.41. The van der Waals surface area contributed by atoms with Crippen molar-refractivity contribution in [3.05, 3.63) is 0 Å². The van der Waals surface area contributed by atoms with Crippen LogP contribution in [0.4, 0.5) is 0 Å². The third kappa shape index (κ3) is 1.70. The highest BCUT2D eigenvalue weighted by Gasteiger charge is 2.50. The van der Waals surface area contributed by atoms with Gasteiger partial charge in [0.05, 0.1) is 0 Å². The quantitative estimate of drug-likeness (QED) is 0.709. The lowest BCUT2D eigenvalue weighted by atomic mass is 10.0. The molecule has 0 aromatic rings. The lowest BCUT2D eigenvalue weighted by Gasteiger charge is -2.09. The third-order valence-electron chi connectivity index (χ3n) is 4.46. The van der Waals surface area contributed by atoms with E-state index in [1.807, 2.05) is 0 Å². The summed E-state index contributed by atoms with van der Waals surface area (Å²) in [5, 5.41) is 7.24. The Morgan fingerprint density at radius 2 is 1.86 bits per heavy atom. The summed E-state index contributed by atoms with van der Waals surface area (Å²) in [6.45, 7) is 3.75. The van der Waals surface area contributed by atoms with Gasteiger partial charge in [0.1, 0.15) is 0 Å². The maximum Gasteiger partial charge on any atom is 0.0130 e. The molecule has 3 rings (SSSR count). The summed E-state index contributed by atoms with van der Waals surface area (Å²) in [5.74, 6) is 3.05. The van der Waals surface area contributed by atoms with Gasteiger partial charge in [0.2, 0.25) is 0 Å². The largest absolute Gasteiger partial charge is 0.316 e. The van der Waals surface area contributed by atoms with Crippen LogP contribution in [0.3, 0.4) is 0 Å². The van der Waals surface area contributed by atoms with Gasteiger partial charge in [0, 0.05) is 6.04 Å². The van der Waals surface area contributed by atoms with Gasteiger partial charge in [-0.25, -0.2) is 0 Å². The highest BCUT2D eigenvalue weighted by Crippen LogP contribution is 2.49. The Hall–Kier alpha value is -0.0800. The number of fused-ring (bicyclic) bond motifs is 1.